The zero-order valence-electron chi connectivity index (χ0n) is 31.8. The van der Waals surface area contributed by atoms with E-state index in [1.54, 1.807) is 66.8 Å². The van der Waals surface area contributed by atoms with Crippen molar-refractivity contribution in [1.29, 1.82) is 0 Å². The number of amides is 4. The molecule has 1 fully saturated rings. The van der Waals surface area contributed by atoms with Crippen molar-refractivity contribution in [3.8, 4) is 0 Å². The highest BCUT2D eigenvalue weighted by atomic mass is 35.5. The van der Waals surface area contributed by atoms with Crippen LogP contribution in [-0.4, -0.2) is 94.8 Å². The molecule has 290 valence electrons. The summed E-state index contributed by atoms with van der Waals surface area (Å²) in [5, 5.41) is 3.50. The normalized spacial score (nSPS) is 17.2. The molecule has 2 heterocycles. The van der Waals surface area contributed by atoms with Crippen LogP contribution in [-0.2, 0) is 32.1 Å². The van der Waals surface area contributed by atoms with E-state index in [1.165, 1.54) is 6.07 Å². The molecule has 2 unspecified atom stereocenters. The molecule has 2 aliphatic rings. The lowest BCUT2D eigenvalue weighted by Gasteiger charge is -2.41. The van der Waals surface area contributed by atoms with E-state index in [1.807, 2.05) is 43.0 Å². The average Bonchev–Trinajstić information content (AvgIpc) is 3.47. The predicted octanol–water partition coefficient (Wildman–Crippen LogP) is 6.53. The molecular formula is C41H50ClF2N5O5. The maximum Gasteiger partial charge on any atom is 0.411 e. The van der Waals surface area contributed by atoms with Crippen molar-refractivity contribution < 1.29 is 32.7 Å². The second-order valence-electron chi connectivity index (χ2n) is 15.5. The summed E-state index contributed by atoms with van der Waals surface area (Å²) >= 11 is 6.14. The SMILES string of the molecule is CC(C)CN(C)C(=O)C(c1ccc(F)cc1F)N1CCN(C(=O)[C@@H](Cc2ccc(Cl)cc2)NC(=O)CC2c3ccccc3CN2C(=O)OC(C)(C)C)CC1. The summed E-state index contributed by atoms with van der Waals surface area (Å²) in [4.78, 5) is 61.8. The first-order valence-electron chi connectivity index (χ1n) is 18.3. The molecular weight excluding hydrogens is 716 g/mol. The maximum absolute atomic E-state index is 15.2. The number of rotatable bonds is 11. The second-order valence-corrected chi connectivity index (χ2v) is 16.0. The highest BCUT2D eigenvalue weighted by Crippen LogP contribution is 2.37. The number of piperazine rings is 1. The number of fused-ring (bicyclic) bond motifs is 1. The minimum absolute atomic E-state index is 0.0681. The highest BCUT2D eigenvalue weighted by Gasteiger charge is 2.39. The lowest BCUT2D eigenvalue weighted by molar-refractivity contribution is -0.141. The number of nitrogens with zero attached hydrogens (tertiary/aromatic N) is 4. The van der Waals surface area contributed by atoms with Gasteiger partial charge in [-0.15, -0.1) is 0 Å². The Labute approximate surface area is 321 Å². The fourth-order valence-electron chi connectivity index (χ4n) is 7.16. The molecule has 54 heavy (non-hydrogen) atoms. The summed E-state index contributed by atoms with van der Waals surface area (Å²) in [6, 6.07) is 15.2. The number of hydrogen-bond acceptors (Lipinski definition) is 6. The molecule has 1 saturated heterocycles. The van der Waals surface area contributed by atoms with E-state index in [0.717, 1.165) is 28.8 Å². The van der Waals surface area contributed by atoms with Crippen LogP contribution in [0.15, 0.2) is 66.7 Å². The molecule has 0 bridgehead atoms. The van der Waals surface area contributed by atoms with E-state index in [4.69, 9.17) is 16.3 Å². The van der Waals surface area contributed by atoms with Crippen LogP contribution in [0.4, 0.5) is 13.6 Å². The Morgan fingerprint density at radius 1 is 0.963 bits per heavy atom. The third-order valence-corrected chi connectivity index (χ3v) is 9.87. The van der Waals surface area contributed by atoms with Gasteiger partial charge in [0.15, 0.2) is 0 Å². The van der Waals surface area contributed by atoms with Gasteiger partial charge in [-0.3, -0.25) is 24.2 Å². The molecule has 1 N–H and O–H groups in total. The molecule has 0 aliphatic carbocycles. The lowest BCUT2D eigenvalue weighted by atomic mass is 10.00. The van der Waals surface area contributed by atoms with Crippen LogP contribution < -0.4 is 5.32 Å². The summed E-state index contributed by atoms with van der Waals surface area (Å²) in [6.45, 7) is 10.9. The molecule has 3 atom stereocenters. The first-order valence-corrected chi connectivity index (χ1v) is 18.7. The standard InChI is InChI=1S/C41H50ClF2N5O5/c1-26(2)24-46(6)39(52)37(32-16-15-30(43)22-33(32)44)47-17-19-48(20-18-47)38(51)34(21-27-11-13-29(42)14-12-27)45-36(50)23-35-31-10-8-7-9-28(31)25-49(35)40(53)54-41(3,4)5/h7-16,22,26,34-35,37H,17-21,23-25H2,1-6H3,(H,45,50)/t34-,35?,37?/m1/s1. The number of carbonyl (C=O) groups excluding carboxylic acids is 4. The van der Waals surface area contributed by atoms with Crippen LogP contribution >= 0.6 is 11.6 Å². The van der Waals surface area contributed by atoms with Crippen molar-refractivity contribution in [3.63, 3.8) is 0 Å². The van der Waals surface area contributed by atoms with Gasteiger partial charge in [-0.1, -0.05) is 67.9 Å². The molecule has 0 spiro atoms. The average molecular weight is 766 g/mol. The topological polar surface area (TPSA) is 103 Å². The van der Waals surface area contributed by atoms with Crippen LogP contribution in [0.3, 0.4) is 0 Å². The molecule has 0 saturated carbocycles. The van der Waals surface area contributed by atoms with E-state index >= 15 is 4.39 Å². The van der Waals surface area contributed by atoms with Crippen LogP contribution in [0.2, 0.25) is 5.02 Å². The van der Waals surface area contributed by atoms with Crippen molar-refractivity contribution in [2.75, 3.05) is 39.8 Å². The Bertz CT molecular complexity index is 1830. The van der Waals surface area contributed by atoms with Crippen molar-refractivity contribution in [2.24, 2.45) is 5.92 Å². The monoisotopic (exact) mass is 765 g/mol. The van der Waals surface area contributed by atoms with E-state index in [9.17, 15) is 23.6 Å². The Balaban J connectivity index is 1.34. The smallest absolute Gasteiger partial charge is 0.411 e. The number of benzene rings is 3. The molecule has 2 aliphatic heterocycles. The summed E-state index contributed by atoms with van der Waals surface area (Å²) in [5.74, 6) is -2.44. The summed E-state index contributed by atoms with van der Waals surface area (Å²) in [6.07, 6.45) is -0.442. The first kappa shape index (κ1) is 40.6. The fraction of sp³-hybridized carbons (Fsp3) is 0.463. The zero-order chi connectivity index (χ0) is 39.3. The Morgan fingerprint density at radius 2 is 1.63 bits per heavy atom. The lowest BCUT2D eigenvalue weighted by Crippen LogP contribution is -2.57. The van der Waals surface area contributed by atoms with E-state index in [2.05, 4.69) is 5.32 Å². The number of likely N-dealkylation sites (N-methyl/N-ethyl adjacent to an activating group) is 1. The van der Waals surface area contributed by atoms with E-state index < -0.39 is 47.4 Å². The van der Waals surface area contributed by atoms with E-state index in [-0.39, 0.29) is 62.3 Å². The fourth-order valence-corrected chi connectivity index (χ4v) is 7.28. The van der Waals surface area contributed by atoms with E-state index in [0.29, 0.717) is 18.1 Å². The molecule has 4 amide bonds. The number of nitrogens with one attached hydrogen (secondary N) is 1. The van der Waals surface area contributed by atoms with Gasteiger partial charge in [0.2, 0.25) is 17.7 Å². The summed E-state index contributed by atoms with van der Waals surface area (Å²) < 4.78 is 34.8. The number of halogens is 3. The highest BCUT2D eigenvalue weighted by molar-refractivity contribution is 6.30. The van der Waals surface area contributed by atoms with Gasteiger partial charge >= 0.3 is 6.09 Å². The van der Waals surface area contributed by atoms with Gasteiger partial charge in [0.05, 0.1) is 12.5 Å². The third-order valence-electron chi connectivity index (χ3n) is 9.62. The molecule has 0 radical (unpaired) electrons. The Hall–Kier alpha value is -4.55. The van der Waals surface area contributed by atoms with Gasteiger partial charge in [0.1, 0.15) is 29.3 Å². The second kappa shape index (κ2) is 17.3. The first-order chi connectivity index (χ1) is 25.5. The summed E-state index contributed by atoms with van der Waals surface area (Å²) in [7, 11) is 1.66. The van der Waals surface area contributed by atoms with Crippen LogP contribution in [0.1, 0.15) is 75.4 Å². The summed E-state index contributed by atoms with van der Waals surface area (Å²) in [5.41, 5.74) is 1.88. The predicted molar refractivity (Wildman–Crippen MR) is 202 cm³/mol. The van der Waals surface area contributed by atoms with Crippen LogP contribution in [0, 0.1) is 17.6 Å². The molecule has 3 aromatic carbocycles. The van der Waals surface area contributed by atoms with Crippen LogP contribution in [0.25, 0.3) is 0 Å². The van der Waals surface area contributed by atoms with Crippen LogP contribution in [0.5, 0.6) is 0 Å². The van der Waals surface area contributed by atoms with Crippen molar-refractivity contribution in [2.45, 2.75) is 77.7 Å². The van der Waals surface area contributed by atoms with Gasteiger partial charge < -0.3 is 19.9 Å². The zero-order valence-corrected chi connectivity index (χ0v) is 32.5. The van der Waals surface area contributed by atoms with Crippen molar-refractivity contribution in [3.05, 3.63) is 106 Å². The number of hydrogen-bond donors (Lipinski definition) is 1. The number of ether oxygens (including phenoxy) is 1. The van der Waals surface area contributed by atoms with Gasteiger partial charge in [0, 0.05) is 69.4 Å². The van der Waals surface area contributed by atoms with Gasteiger partial charge in [-0.05, 0) is 61.6 Å². The molecule has 10 nitrogen and oxygen atoms in total. The quantitative estimate of drug-likeness (QED) is 0.239. The number of carbonyl (C=O) groups is 4. The van der Waals surface area contributed by atoms with Crippen molar-refractivity contribution >= 4 is 35.4 Å². The Kier molecular flexibility index (Phi) is 13.0. The van der Waals surface area contributed by atoms with Gasteiger partial charge in [0.25, 0.3) is 0 Å². The maximum atomic E-state index is 15.2. The minimum Gasteiger partial charge on any atom is -0.444 e. The third kappa shape index (κ3) is 10.1. The minimum atomic E-state index is -1.02. The van der Waals surface area contributed by atoms with Crippen molar-refractivity contribution in [1.82, 2.24) is 24.9 Å². The largest absolute Gasteiger partial charge is 0.444 e. The molecule has 0 aromatic heterocycles. The molecule has 13 heteroatoms. The molecule has 5 rings (SSSR count). The Morgan fingerprint density at radius 3 is 2.26 bits per heavy atom. The molecule has 3 aromatic rings. The van der Waals surface area contributed by atoms with Gasteiger partial charge in [-0.2, -0.15) is 0 Å². The van der Waals surface area contributed by atoms with Gasteiger partial charge in [-0.25, -0.2) is 13.6 Å².